The van der Waals surface area contributed by atoms with E-state index in [-0.39, 0.29) is 0 Å². The van der Waals surface area contributed by atoms with Crippen LogP contribution in [0.1, 0.15) is 31.2 Å². The lowest BCUT2D eigenvalue weighted by Gasteiger charge is -2.19. The van der Waals surface area contributed by atoms with E-state index in [1.165, 1.54) is 25.7 Å². The molecule has 3 rings (SSSR count). The van der Waals surface area contributed by atoms with E-state index in [0.717, 1.165) is 23.1 Å². The molecule has 1 aromatic rings. The SMILES string of the molecule is Cc1cnc(Cl)c(NC(C2CC2)C2CC2)c1. The van der Waals surface area contributed by atoms with Crippen LogP contribution in [0.5, 0.6) is 0 Å². The third kappa shape index (κ3) is 2.17. The molecule has 86 valence electrons. The van der Waals surface area contributed by atoms with Crippen molar-refractivity contribution in [3.8, 4) is 0 Å². The zero-order valence-corrected chi connectivity index (χ0v) is 10.3. The summed E-state index contributed by atoms with van der Waals surface area (Å²) in [7, 11) is 0. The van der Waals surface area contributed by atoms with Crippen molar-refractivity contribution in [1.29, 1.82) is 0 Å². The highest BCUT2D eigenvalue weighted by molar-refractivity contribution is 6.32. The second kappa shape index (κ2) is 3.92. The Kier molecular flexibility index (Phi) is 2.55. The standard InChI is InChI=1S/C13H17ClN2/c1-8-6-11(13(14)15-7-8)16-12(9-2-3-9)10-4-5-10/h6-7,9-10,12,16H,2-5H2,1H3. The molecule has 1 aromatic heterocycles. The van der Waals surface area contributed by atoms with Crippen LogP contribution in [0.4, 0.5) is 5.69 Å². The van der Waals surface area contributed by atoms with Crippen LogP contribution in [0, 0.1) is 18.8 Å². The van der Waals surface area contributed by atoms with Gasteiger partial charge in [0.15, 0.2) is 5.15 Å². The summed E-state index contributed by atoms with van der Waals surface area (Å²) in [5.74, 6) is 1.76. The zero-order chi connectivity index (χ0) is 11.1. The summed E-state index contributed by atoms with van der Waals surface area (Å²) in [6.07, 6.45) is 7.34. The highest BCUT2D eigenvalue weighted by atomic mass is 35.5. The number of aryl methyl sites for hydroxylation is 1. The van der Waals surface area contributed by atoms with Gasteiger partial charge in [0.05, 0.1) is 5.69 Å². The minimum Gasteiger partial charge on any atom is -0.379 e. The van der Waals surface area contributed by atoms with Crippen molar-refractivity contribution < 1.29 is 0 Å². The smallest absolute Gasteiger partial charge is 0.152 e. The van der Waals surface area contributed by atoms with Gasteiger partial charge in [0, 0.05) is 12.2 Å². The number of hydrogen-bond donors (Lipinski definition) is 1. The van der Waals surface area contributed by atoms with E-state index < -0.39 is 0 Å². The molecule has 0 unspecified atom stereocenters. The molecule has 0 spiro atoms. The lowest BCUT2D eigenvalue weighted by atomic mass is 10.1. The molecule has 1 N–H and O–H groups in total. The van der Waals surface area contributed by atoms with Crippen molar-refractivity contribution >= 4 is 17.3 Å². The van der Waals surface area contributed by atoms with Crippen molar-refractivity contribution in [3.05, 3.63) is 23.0 Å². The Morgan fingerprint density at radius 3 is 2.50 bits per heavy atom. The van der Waals surface area contributed by atoms with Gasteiger partial charge in [-0.05, 0) is 56.1 Å². The van der Waals surface area contributed by atoms with Gasteiger partial charge < -0.3 is 5.32 Å². The molecule has 0 bridgehead atoms. The van der Waals surface area contributed by atoms with Crippen molar-refractivity contribution in [2.45, 2.75) is 38.6 Å². The Balaban J connectivity index is 1.78. The normalized spacial score (nSPS) is 20.2. The molecule has 0 aromatic carbocycles. The van der Waals surface area contributed by atoms with Crippen LogP contribution in [-0.2, 0) is 0 Å². The van der Waals surface area contributed by atoms with Gasteiger partial charge in [0.1, 0.15) is 0 Å². The average Bonchev–Trinajstić information content (AvgIpc) is 3.13. The minimum atomic E-state index is 0.608. The maximum absolute atomic E-state index is 6.12. The maximum Gasteiger partial charge on any atom is 0.152 e. The predicted octanol–water partition coefficient (Wildman–Crippen LogP) is 3.64. The van der Waals surface area contributed by atoms with Crippen LogP contribution in [0.2, 0.25) is 5.15 Å². The van der Waals surface area contributed by atoms with Crippen molar-refractivity contribution in [3.63, 3.8) is 0 Å². The van der Waals surface area contributed by atoms with Crippen LogP contribution in [0.3, 0.4) is 0 Å². The zero-order valence-electron chi connectivity index (χ0n) is 9.54. The van der Waals surface area contributed by atoms with Gasteiger partial charge in [0.25, 0.3) is 0 Å². The highest BCUT2D eigenvalue weighted by Crippen LogP contribution is 2.46. The van der Waals surface area contributed by atoms with E-state index >= 15 is 0 Å². The van der Waals surface area contributed by atoms with Gasteiger partial charge in [-0.25, -0.2) is 4.98 Å². The molecular weight excluding hydrogens is 220 g/mol. The largest absolute Gasteiger partial charge is 0.379 e. The fourth-order valence-corrected chi connectivity index (χ4v) is 2.52. The summed E-state index contributed by atoms with van der Waals surface area (Å²) in [5, 5.41) is 4.23. The second-order valence-electron chi connectivity index (χ2n) is 5.20. The monoisotopic (exact) mass is 236 g/mol. The minimum absolute atomic E-state index is 0.608. The molecule has 1 heterocycles. The first-order valence-corrected chi connectivity index (χ1v) is 6.50. The molecule has 0 radical (unpaired) electrons. The predicted molar refractivity (Wildman–Crippen MR) is 66.8 cm³/mol. The number of hydrogen-bond acceptors (Lipinski definition) is 2. The Labute approximate surface area is 101 Å². The molecule has 2 aliphatic carbocycles. The third-order valence-electron chi connectivity index (χ3n) is 3.56. The first kappa shape index (κ1) is 10.4. The summed E-state index contributed by atoms with van der Waals surface area (Å²) < 4.78 is 0. The van der Waals surface area contributed by atoms with Gasteiger partial charge in [-0.1, -0.05) is 11.6 Å². The molecule has 0 amide bonds. The quantitative estimate of drug-likeness (QED) is 0.808. The Morgan fingerprint density at radius 2 is 1.94 bits per heavy atom. The van der Waals surface area contributed by atoms with Gasteiger partial charge >= 0.3 is 0 Å². The lowest BCUT2D eigenvalue weighted by Crippen LogP contribution is -2.24. The first-order valence-electron chi connectivity index (χ1n) is 6.13. The summed E-state index contributed by atoms with van der Waals surface area (Å²) >= 11 is 6.12. The molecule has 0 atom stereocenters. The molecule has 16 heavy (non-hydrogen) atoms. The number of rotatable bonds is 4. The van der Waals surface area contributed by atoms with E-state index in [0.29, 0.717) is 11.2 Å². The van der Waals surface area contributed by atoms with Crippen LogP contribution >= 0.6 is 11.6 Å². The van der Waals surface area contributed by atoms with E-state index in [1.54, 1.807) is 0 Å². The Bertz CT molecular complexity index is 385. The second-order valence-corrected chi connectivity index (χ2v) is 5.55. The van der Waals surface area contributed by atoms with Gasteiger partial charge in [-0.15, -0.1) is 0 Å². The Hall–Kier alpha value is -0.760. The number of pyridine rings is 1. The summed E-state index contributed by atoms with van der Waals surface area (Å²) in [5.41, 5.74) is 2.18. The lowest BCUT2D eigenvalue weighted by molar-refractivity contribution is 0.567. The molecule has 2 nitrogen and oxygen atoms in total. The van der Waals surface area contributed by atoms with Crippen molar-refractivity contribution in [2.24, 2.45) is 11.8 Å². The number of halogens is 1. The van der Waals surface area contributed by atoms with Crippen LogP contribution in [0.15, 0.2) is 12.3 Å². The number of nitrogens with zero attached hydrogens (tertiary/aromatic N) is 1. The molecule has 0 saturated heterocycles. The van der Waals surface area contributed by atoms with E-state index in [4.69, 9.17) is 11.6 Å². The molecular formula is C13H17ClN2. The fourth-order valence-electron chi connectivity index (χ4n) is 2.36. The molecule has 2 saturated carbocycles. The van der Waals surface area contributed by atoms with Gasteiger partial charge in [0.2, 0.25) is 0 Å². The van der Waals surface area contributed by atoms with Gasteiger partial charge in [-0.3, -0.25) is 0 Å². The van der Waals surface area contributed by atoms with E-state index in [9.17, 15) is 0 Å². The molecule has 3 heteroatoms. The van der Waals surface area contributed by atoms with Crippen molar-refractivity contribution in [2.75, 3.05) is 5.32 Å². The summed E-state index contributed by atoms with van der Waals surface area (Å²) in [6.45, 7) is 2.05. The topological polar surface area (TPSA) is 24.9 Å². The maximum atomic E-state index is 6.12. The number of nitrogens with one attached hydrogen (secondary N) is 1. The first-order chi connectivity index (χ1) is 7.74. The van der Waals surface area contributed by atoms with Gasteiger partial charge in [-0.2, -0.15) is 0 Å². The number of anilines is 1. The molecule has 2 aliphatic rings. The third-order valence-corrected chi connectivity index (χ3v) is 3.86. The average molecular weight is 237 g/mol. The van der Waals surface area contributed by atoms with E-state index in [2.05, 4.69) is 23.3 Å². The number of aromatic nitrogens is 1. The Morgan fingerprint density at radius 1 is 1.31 bits per heavy atom. The summed E-state index contributed by atoms with van der Waals surface area (Å²) in [4.78, 5) is 4.19. The highest BCUT2D eigenvalue weighted by Gasteiger charge is 2.41. The fraction of sp³-hybridized carbons (Fsp3) is 0.615. The van der Waals surface area contributed by atoms with Crippen LogP contribution < -0.4 is 5.32 Å². The van der Waals surface area contributed by atoms with Crippen molar-refractivity contribution in [1.82, 2.24) is 4.98 Å². The summed E-state index contributed by atoms with van der Waals surface area (Å²) in [6, 6.07) is 2.74. The molecule has 0 aliphatic heterocycles. The molecule has 2 fully saturated rings. The van der Waals surface area contributed by atoms with E-state index in [1.807, 2.05) is 6.20 Å². The van der Waals surface area contributed by atoms with Crippen LogP contribution in [0.25, 0.3) is 0 Å². The van der Waals surface area contributed by atoms with Crippen LogP contribution in [-0.4, -0.2) is 11.0 Å².